The van der Waals surface area contributed by atoms with E-state index in [1.54, 1.807) is 12.4 Å². The molecule has 6 heteroatoms. The van der Waals surface area contributed by atoms with E-state index in [2.05, 4.69) is 34.3 Å². The Morgan fingerprint density at radius 1 is 1.07 bits per heavy atom. The lowest BCUT2D eigenvalue weighted by molar-refractivity contribution is -0.121. The molecular formula is C22H26N4O2. The van der Waals surface area contributed by atoms with Crippen LogP contribution in [0.4, 0.5) is 5.82 Å². The second kappa shape index (κ2) is 7.72. The number of amides is 1. The van der Waals surface area contributed by atoms with E-state index in [1.165, 1.54) is 0 Å². The number of pyridine rings is 1. The number of rotatable bonds is 4. The SMILES string of the molecule is Cc1ncc(-c2ccc3cnc(NC(=O)[C@H]4CC[C@@H](N(C)C)CC4)cc3c2)o1. The summed E-state index contributed by atoms with van der Waals surface area (Å²) in [7, 11) is 4.22. The molecular weight excluding hydrogens is 352 g/mol. The van der Waals surface area contributed by atoms with Crippen LogP contribution in [0.3, 0.4) is 0 Å². The Labute approximate surface area is 165 Å². The van der Waals surface area contributed by atoms with Crippen LogP contribution in [0.15, 0.2) is 41.1 Å². The summed E-state index contributed by atoms with van der Waals surface area (Å²) in [5, 5.41) is 5.04. The van der Waals surface area contributed by atoms with Crippen molar-refractivity contribution in [1.82, 2.24) is 14.9 Å². The first-order chi connectivity index (χ1) is 13.5. The van der Waals surface area contributed by atoms with Gasteiger partial charge < -0.3 is 14.6 Å². The molecule has 0 radical (unpaired) electrons. The molecule has 1 aliphatic carbocycles. The maximum absolute atomic E-state index is 12.7. The molecule has 1 N–H and O–H groups in total. The molecule has 1 amide bonds. The maximum atomic E-state index is 12.7. The minimum atomic E-state index is 0.0669. The zero-order valence-corrected chi connectivity index (χ0v) is 16.6. The summed E-state index contributed by atoms with van der Waals surface area (Å²) in [6.45, 7) is 1.83. The number of aryl methyl sites for hydroxylation is 1. The number of hydrogen-bond donors (Lipinski definition) is 1. The number of nitrogens with zero attached hydrogens (tertiary/aromatic N) is 3. The van der Waals surface area contributed by atoms with Crippen molar-refractivity contribution in [1.29, 1.82) is 0 Å². The molecule has 2 aromatic heterocycles. The molecule has 0 saturated heterocycles. The molecule has 0 aliphatic heterocycles. The minimum absolute atomic E-state index is 0.0669. The second-order valence-corrected chi connectivity index (χ2v) is 7.83. The van der Waals surface area contributed by atoms with E-state index in [-0.39, 0.29) is 11.8 Å². The van der Waals surface area contributed by atoms with E-state index >= 15 is 0 Å². The van der Waals surface area contributed by atoms with Crippen LogP contribution in [0, 0.1) is 12.8 Å². The molecule has 146 valence electrons. The van der Waals surface area contributed by atoms with E-state index in [1.807, 2.05) is 31.2 Å². The summed E-state index contributed by atoms with van der Waals surface area (Å²) in [6, 6.07) is 8.54. The largest absolute Gasteiger partial charge is 0.441 e. The predicted molar refractivity (Wildman–Crippen MR) is 110 cm³/mol. The summed E-state index contributed by atoms with van der Waals surface area (Å²) < 4.78 is 5.62. The van der Waals surface area contributed by atoms with Gasteiger partial charge in [-0.3, -0.25) is 4.79 Å². The van der Waals surface area contributed by atoms with Crippen LogP contribution < -0.4 is 5.32 Å². The fourth-order valence-electron chi connectivity index (χ4n) is 3.94. The van der Waals surface area contributed by atoms with Gasteiger partial charge in [-0.25, -0.2) is 9.97 Å². The third kappa shape index (κ3) is 3.92. The molecule has 0 atom stereocenters. The summed E-state index contributed by atoms with van der Waals surface area (Å²) >= 11 is 0. The van der Waals surface area contributed by atoms with Gasteiger partial charge in [-0.1, -0.05) is 12.1 Å². The molecule has 28 heavy (non-hydrogen) atoms. The molecule has 2 heterocycles. The Hall–Kier alpha value is -2.73. The van der Waals surface area contributed by atoms with Crippen molar-refractivity contribution in [3.05, 3.63) is 42.5 Å². The highest BCUT2D eigenvalue weighted by molar-refractivity contribution is 5.94. The Morgan fingerprint density at radius 3 is 2.54 bits per heavy atom. The Balaban J connectivity index is 1.49. The summed E-state index contributed by atoms with van der Waals surface area (Å²) in [5.74, 6) is 2.11. The number of nitrogens with one attached hydrogen (secondary N) is 1. The van der Waals surface area contributed by atoms with Crippen molar-refractivity contribution < 1.29 is 9.21 Å². The van der Waals surface area contributed by atoms with Gasteiger partial charge >= 0.3 is 0 Å². The quantitative estimate of drug-likeness (QED) is 0.735. The van der Waals surface area contributed by atoms with Gasteiger partial charge in [-0.05, 0) is 57.3 Å². The highest BCUT2D eigenvalue weighted by Crippen LogP contribution is 2.29. The van der Waals surface area contributed by atoms with Gasteiger partial charge in [0.2, 0.25) is 5.91 Å². The minimum Gasteiger partial charge on any atom is -0.441 e. The number of oxazole rings is 1. The fraction of sp³-hybridized carbons (Fsp3) is 0.409. The van der Waals surface area contributed by atoms with Gasteiger partial charge in [0, 0.05) is 36.0 Å². The smallest absolute Gasteiger partial charge is 0.228 e. The first-order valence-corrected chi connectivity index (χ1v) is 9.79. The van der Waals surface area contributed by atoms with Gasteiger partial charge in [0.1, 0.15) is 5.82 Å². The lowest BCUT2D eigenvalue weighted by Crippen LogP contribution is -2.35. The number of fused-ring (bicyclic) bond motifs is 1. The maximum Gasteiger partial charge on any atom is 0.228 e. The molecule has 4 rings (SSSR count). The molecule has 1 saturated carbocycles. The molecule has 0 unspecified atom stereocenters. The van der Waals surface area contributed by atoms with Gasteiger partial charge in [0.25, 0.3) is 0 Å². The van der Waals surface area contributed by atoms with Gasteiger partial charge in [0.15, 0.2) is 11.7 Å². The Morgan fingerprint density at radius 2 is 1.86 bits per heavy atom. The lowest BCUT2D eigenvalue weighted by Gasteiger charge is -2.31. The zero-order chi connectivity index (χ0) is 19.7. The highest BCUT2D eigenvalue weighted by atomic mass is 16.4. The highest BCUT2D eigenvalue weighted by Gasteiger charge is 2.27. The van der Waals surface area contributed by atoms with Crippen LogP contribution in [-0.2, 0) is 4.79 Å². The molecule has 1 aromatic carbocycles. The van der Waals surface area contributed by atoms with Crippen molar-refractivity contribution >= 4 is 22.5 Å². The molecule has 0 spiro atoms. The van der Waals surface area contributed by atoms with E-state index in [0.29, 0.717) is 17.8 Å². The van der Waals surface area contributed by atoms with E-state index in [0.717, 1.165) is 47.8 Å². The van der Waals surface area contributed by atoms with Crippen LogP contribution in [0.25, 0.3) is 22.1 Å². The lowest BCUT2D eigenvalue weighted by atomic mass is 9.85. The van der Waals surface area contributed by atoms with Gasteiger partial charge in [0.05, 0.1) is 6.20 Å². The molecule has 6 nitrogen and oxygen atoms in total. The van der Waals surface area contributed by atoms with Crippen LogP contribution in [0.5, 0.6) is 0 Å². The van der Waals surface area contributed by atoms with Crippen molar-refractivity contribution in [3.63, 3.8) is 0 Å². The van der Waals surface area contributed by atoms with Crippen LogP contribution in [0.1, 0.15) is 31.6 Å². The van der Waals surface area contributed by atoms with Gasteiger partial charge in [-0.2, -0.15) is 0 Å². The number of benzene rings is 1. The monoisotopic (exact) mass is 378 g/mol. The molecule has 3 aromatic rings. The van der Waals surface area contributed by atoms with E-state index < -0.39 is 0 Å². The predicted octanol–water partition coefficient (Wildman–Crippen LogP) is 4.26. The van der Waals surface area contributed by atoms with Gasteiger partial charge in [-0.15, -0.1) is 0 Å². The van der Waals surface area contributed by atoms with Crippen LogP contribution in [0.2, 0.25) is 0 Å². The van der Waals surface area contributed by atoms with E-state index in [9.17, 15) is 4.79 Å². The number of carbonyl (C=O) groups excluding carboxylic acids is 1. The summed E-state index contributed by atoms with van der Waals surface area (Å²) in [4.78, 5) is 23.5. The molecule has 1 fully saturated rings. The second-order valence-electron chi connectivity index (χ2n) is 7.83. The Kier molecular flexibility index (Phi) is 5.13. The number of hydrogen-bond acceptors (Lipinski definition) is 5. The number of carbonyl (C=O) groups is 1. The van der Waals surface area contributed by atoms with Crippen LogP contribution in [-0.4, -0.2) is 40.9 Å². The summed E-state index contributed by atoms with van der Waals surface area (Å²) in [5.41, 5.74) is 0.957. The van der Waals surface area contributed by atoms with Crippen molar-refractivity contribution in [3.8, 4) is 11.3 Å². The Bertz CT molecular complexity index is 987. The zero-order valence-electron chi connectivity index (χ0n) is 16.6. The summed E-state index contributed by atoms with van der Waals surface area (Å²) in [6.07, 6.45) is 7.51. The standard InChI is InChI=1S/C22H26N4O2/c1-14-23-13-20(28-14)16-4-5-17-12-24-21(11-18(17)10-16)25-22(27)15-6-8-19(9-7-15)26(2)3/h4-5,10-13,15,19H,6-9H2,1-3H3,(H,24,25,27)/t15-,19+. The topological polar surface area (TPSA) is 71.3 Å². The fourth-order valence-corrected chi connectivity index (χ4v) is 3.94. The average Bonchev–Trinajstić information content (AvgIpc) is 3.14. The van der Waals surface area contributed by atoms with Crippen molar-refractivity contribution in [2.75, 3.05) is 19.4 Å². The van der Waals surface area contributed by atoms with Crippen LogP contribution >= 0.6 is 0 Å². The molecule has 0 bridgehead atoms. The van der Waals surface area contributed by atoms with Crippen molar-refractivity contribution in [2.45, 2.75) is 38.6 Å². The normalized spacial score (nSPS) is 19.9. The first-order valence-electron chi connectivity index (χ1n) is 9.79. The average molecular weight is 378 g/mol. The number of anilines is 1. The first kappa shape index (κ1) is 18.6. The molecule has 1 aliphatic rings. The van der Waals surface area contributed by atoms with Crippen molar-refractivity contribution in [2.24, 2.45) is 5.92 Å². The van der Waals surface area contributed by atoms with E-state index in [4.69, 9.17) is 4.42 Å². The third-order valence-electron chi connectivity index (χ3n) is 5.68. The third-order valence-corrected chi connectivity index (χ3v) is 5.68. The number of aromatic nitrogens is 2.